The van der Waals surface area contributed by atoms with Crippen LogP contribution < -0.4 is 5.32 Å². The molecule has 128 valence electrons. The van der Waals surface area contributed by atoms with Crippen LogP contribution in [0.3, 0.4) is 0 Å². The van der Waals surface area contributed by atoms with Gasteiger partial charge >= 0.3 is 6.03 Å². The Kier molecular flexibility index (Phi) is 4.83. The van der Waals surface area contributed by atoms with E-state index < -0.39 is 0 Å². The molecular weight excluding hydrogens is 302 g/mol. The lowest BCUT2D eigenvalue weighted by Crippen LogP contribution is -2.44. The van der Waals surface area contributed by atoms with Crippen LogP contribution >= 0.6 is 0 Å². The highest BCUT2D eigenvalue weighted by molar-refractivity contribution is 5.74. The van der Waals surface area contributed by atoms with Gasteiger partial charge in [0.15, 0.2) is 0 Å². The smallest absolute Gasteiger partial charge is 0.317 e. The molecule has 24 heavy (non-hydrogen) atoms. The van der Waals surface area contributed by atoms with Crippen LogP contribution in [0.15, 0.2) is 18.5 Å². The number of aromatic nitrogens is 3. The lowest BCUT2D eigenvalue weighted by atomic mass is 9.96. The summed E-state index contributed by atoms with van der Waals surface area (Å²) in [4.78, 5) is 18.6. The number of likely N-dealkylation sites (tertiary alicyclic amines) is 1. The van der Waals surface area contributed by atoms with Crippen molar-refractivity contribution in [1.82, 2.24) is 25.4 Å². The fraction of sp³-hybridized carbons (Fsp3) is 0.500. The fourth-order valence-corrected chi connectivity index (χ4v) is 3.53. The molecule has 1 fully saturated rings. The predicted octanol–water partition coefficient (Wildman–Crippen LogP) is 2.82. The second kappa shape index (κ2) is 7.03. The topological polar surface area (TPSA) is 73.9 Å². The average molecular weight is 327 g/mol. The van der Waals surface area contributed by atoms with E-state index >= 15 is 0 Å². The molecule has 1 aliphatic rings. The van der Waals surface area contributed by atoms with Crippen LogP contribution in [0.1, 0.15) is 46.8 Å². The number of carbonyl (C=O) groups excluding carboxylic acids is 1. The summed E-state index contributed by atoms with van der Waals surface area (Å²) in [6.07, 6.45) is 3.39. The molecule has 0 radical (unpaired) electrons. The van der Waals surface area contributed by atoms with Gasteiger partial charge in [0.2, 0.25) is 0 Å². The van der Waals surface area contributed by atoms with Crippen molar-refractivity contribution in [3.8, 4) is 0 Å². The summed E-state index contributed by atoms with van der Waals surface area (Å²) in [7, 11) is 0. The molecule has 6 heteroatoms. The Bertz CT molecular complexity index is 679. The van der Waals surface area contributed by atoms with Crippen molar-refractivity contribution in [2.45, 2.75) is 46.1 Å². The zero-order valence-electron chi connectivity index (χ0n) is 14.6. The molecule has 1 aliphatic heterocycles. The monoisotopic (exact) mass is 327 g/mol. The van der Waals surface area contributed by atoms with Crippen molar-refractivity contribution < 1.29 is 4.79 Å². The van der Waals surface area contributed by atoms with Crippen LogP contribution in [-0.2, 0) is 6.54 Å². The van der Waals surface area contributed by atoms with Crippen LogP contribution in [0.5, 0.6) is 0 Å². The molecule has 0 spiro atoms. The number of aryl methyl sites for hydroxylation is 3. The van der Waals surface area contributed by atoms with E-state index in [4.69, 9.17) is 0 Å². The molecule has 1 aromatic carbocycles. The second-order valence-electron chi connectivity index (χ2n) is 6.67. The molecule has 0 bridgehead atoms. The predicted molar refractivity (Wildman–Crippen MR) is 92.8 cm³/mol. The Labute approximate surface area is 142 Å². The summed E-state index contributed by atoms with van der Waals surface area (Å²) in [5.41, 5.74) is 4.94. The first-order valence-corrected chi connectivity index (χ1v) is 8.49. The lowest BCUT2D eigenvalue weighted by Gasteiger charge is -2.31. The molecule has 0 aliphatic carbocycles. The number of hydrogen-bond acceptors (Lipinski definition) is 3. The maximum Gasteiger partial charge on any atom is 0.317 e. The molecule has 2 aromatic rings. The Balaban J connectivity index is 1.53. The molecule has 3 rings (SSSR count). The average Bonchev–Trinajstić information content (AvgIpc) is 3.08. The van der Waals surface area contributed by atoms with E-state index in [1.54, 1.807) is 6.33 Å². The zero-order valence-corrected chi connectivity index (χ0v) is 14.6. The fourth-order valence-electron chi connectivity index (χ4n) is 3.53. The number of benzene rings is 1. The van der Waals surface area contributed by atoms with Crippen molar-refractivity contribution in [3.63, 3.8) is 0 Å². The third-order valence-corrected chi connectivity index (χ3v) is 4.86. The number of H-pyrrole nitrogens is 1. The summed E-state index contributed by atoms with van der Waals surface area (Å²) in [5.74, 6) is 1.30. The summed E-state index contributed by atoms with van der Waals surface area (Å²) in [5, 5.41) is 9.91. The first-order valence-electron chi connectivity index (χ1n) is 8.49. The van der Waals surface area contributed by atoms with Gasteiger partial charge in [-0.3, -0.25) is 5.10 Å². The molecule has 1 aromatic heterocycles. The van der Waals surface area contributed by atoms with Crippen molar-refractivity contribution in [2.24, 2.45) is 0 Å². The van der Waals surface area contributed by atoms with E-state index in [0.29, 0.717) is 12.5 Å². The molecule has 0 atom stereocenters. The van der Waals surface area contributed by atoms with E-state index in [2.05, 4.69) is 53.4 Å². The van der Waals surface area contributed by atoms with Gasteiger partial charge in [-0.15, -0.1) is 0 Å². The minimum absolute atomic E-state index is 0.0189. The molecule has 0 saturated carbocycles. The highest BCUT2D eigenvalue weighted by atomic mass is 16.2. The van der Waals surface area contributed by atoms with Crippen molar-refractivity contribution in [1.29, 1.82) is 0 Å². The largest absolute Gasteiger partial charge is 0.334 e. The number of nitrogens with zero attached hydrogens (tertiary/aromatic N) is 3. The Morgan fingerprint density at radius 2 is 1.92 bits per heavy atom. The number of hydrogen-bond donors (Lipinski definition) is 2. The molecule has 2 N–H and O–H groups in total. The summed E-state index contributed by atoms with van der Waals surface area (Å²) in [6.45, 7) is 8.39. The van der Waals surface area contributed by atoms with Crippen molar-refractivity contribution in [3.05, 3.63) is 46.5 Å². The Morgan fingerprint density at radius 1 is 1.25 bits per heavy atom. The standard InChI is InChI=1S/C18H25N5O/c1-12-8-13(2)16(14(3)9-12)10-19-18(24)23-6-4-15(5-7-23)17-20-11-21-22-17/h8-9,11,15H,4-7,10H2,1-3H3,(H,19,24)(H,20,21,22). The zero-order chi connectivity index (χ0) is 17.1. The SMILES string of the molecule is Cc1cc(C)c(CNC(=O)N2CCC(c3ncn[nH]3)CC2)c(C)c1. The van der Waals surface area contributed by atoms with Gasteiger partial charge in [0.1, 0.15) is 12.2 Å². The maximum atomic E-state index is 12.4. The summed E-state index contributed by atoms with van der Waals surface area (Å²) < 4.78 is 0. The highest BCUT2D eigenvalue weighted by Crippen LogP contribution is 2.25. The number of rotatable bonds is 3. The van der Waals surface area contributed by atoms with Crippen molar-refractivity contribution >= 4 is 6.03 Å². The first-order chi connectivity index (χ1) is 11.5. The number of carbonyl (C=O) groups is 1. The van der Waals surface area contributed by atoms with Crippen LogP contribution in [0.4, 0.5) is 4.79 Å². The number of urea groups is 1. The molecule has 0 unspecified atom stereocenters. The summed E-state index contributed by atoms with van der Waals surface area (Å²) in [6, 6.07) is 4.35. The van der Waals surface area contributed by atoms with Gasteiger partial charge in [-0.1, -0.05) is 17.7 Å². The maximum absolute atomic E-state index is 12.4. The van der Waals surface area contributed by atoms with Gasteiger partial charge < -0.3 is 10.2 Å². The van der Waals surface area contributed by atoms with Crippen LogP contribution in [0.25, 0.3) is 0 Å². The molecular formula is C18H25N5O. The van der Waals surface area contributed by atoms with Gasteiger partial charge in [-0.2, -0.15) is 5.10 Å². The van der Waals surface area contributed by atoms with E-state index in [0.717, 1.165) is 31.8 Å². The number of nitrogens with one attached hydrogen (secondary N) is 2. The van der Waals surface area contributed by atoms with E-state index in [1.165, 1.54) is 22.3 Å². The third-order valence-electron chi connectivity index (χ3n) is 4.86. The third kappa shape index (κ3) is 3.58. The van der Waals surface area contributed by atoms with Crippen molar-refractivity contribution in [2.75, 3.05) is 13.1 Å². The Morgan fingerprint density at radius 3 is 2.50 bits per heavy atom. The number of aromatic amines is 1. The minimum atomic E-state index is 0.0189. The van der Waals surface area contributed by atoms with Gasteiger partial charge in [-0.25, -0.2) is 9.78 Å². The lowest BCUT2D eigenvalue weighted by molar-refractivity contribution is 0.180. The molecule has 2 heterocycles. The van der Waals surface area contributed by atoms with Crippen LogP contribution in [-0.4, -0.2) is 39.2 Å². The Hall–Kier alpha value is -2.37. The number of amides is 2. The minimum Gasteiger partial charge on any atom is -0.334 e. The quantitative estimate of drug-likeness (QED) is 0.910. The molecule has 2 amide bonds. The van der Waals surface area contributed by atoms with Gasteiger partial charge in [0.05, 0.1) is 0 Å². The number of piperidine rings is 1. The normalized spacial score (nSPS) is 15.5. The van der Waals surface area contributed by atoms with E-state index in [-0.39, 0.29) is 6.03 Å². The van der Waals surface area contributed by atoms with Gasteiger partial charge in [-0.05, 0) is 50.3 Å². The highest BCUT2D eigenvalue weighted by Gasteiger charge is 2.25. The van der Waals surface area contributed by atoms with Gasteiger partial charge in [0.25, 0.3) is 0 Å². The van der Waals surface area contributed by atoms with E-state index in [1.807, 2.05) is 4.90 Å². The van der Waals surface area contributed by atoms with Gasteiger partial charge in [0, 0.05) is 25.6 Å². The molecule has 1 saturated heterocycles. The van der Waals surface area contributed by atoms with Crippen LogP contribution in [0.2, 0.25) is 0 Å². The first kappa shape index (κ1) is 16.5. The van der Waals surface area contributed by atoms with Crippen LogP contribution in [0, 0.1) is 20.8 Å². The molecule has 6 nitrogen and oxygen atoms in total. The van der Waals surface area contributed by atoms with E-state index in [9.17, 15) is 4.79 Å². The second-order valence-corrected chi connectivity index (χ2v) is 6.67. The summed E-state index contributed by atoms with van der Waals surface area (Å²) >= 11 is 0.